The number of hydrogen-bond donors (Lipinski definition) is 2. The van der Waals surface area contributed by atoms with Crippen molar-refractivity contribution in [1.29, 1.82) is 0 Å². The first-order valence-corrected chi connectivity index (χ1v) is 7.48. The molecule has 0 saturated carbocycles. The maximum atomic E-state index is 12.4. The van der Waals surface area contributed by atoms with E-state index in [0.29, 0.717) is 10.6 Å². The average Bonchev–Trinajstić information content (AvgIpc) is 2.64. The van der Waals surface area contributed by atoms with E-state index in [0.717, 1.165) is 16.0 Å². The largest absolute Gasteiger partial charge is 0.390 e. The summed E-state index contributed by atoms with van der Waals surface area (Å²) in [6.07, 6.45) is 0. The number of carbonyl (C=O) groups excluding carboxylic acids is 1. The van der Waals surface area contributed by atoms with E-state index in [2.05, 4.69) is 5.32 Å². The predicted molar refractivity (Wildman–Crippen MR) is 86.2 cm³/mol. The van der Waals surface area contributed by atoms with Crippen LogP contribution in [-0.2, 0) is 0 Å². The number of amides is 1. The van der Waals surface area contributed by atoms with Crippen LogP contribution in [-0.4, -0.2) is 11.9 Å². The highest BCUT2D eigenvalue weighted by molar-refractivity contribution is 7.16. The lowest BCUT2D eigenvalue weighted by Gasteiger charge is -2.11. The van der Waals surface area contributed by atoms with Crippen molar-refractivity contribution >= 4 is 22.2 Å². The molecule has 0 unspecified atom stereocenters. The lowest BCUT2D eigenvalue weighted by Crippen LogP contribution is -2.30. The quantitative estimate of drug-likeness (QED) is 0.903. The molecule has 3 N–H and O–H groups in total. The Morgan fingerprint density at radius 1 is 1.20 bits per heavy atom. The Labute approximate surface area is 123 Å². The van der Waals surface area contributed by atoms with Crippen LogP contribution in [0, 0.1) is 13.8 Å². The maximum absolute atomic E-state index is 12.4. The summed E-state index contributed by atoms with van der Waals surface area (Å²) >= 11 is 1.47. The predicted octanol–water partition coefficient (Wildman–Crippen LogP) is 3.75. The zero-order valence-electron chi connectivity index (χ0n) is 12.3. The topological polar surface area (TPSA) is 55.1 Å². The second kappa shape index (κ2) is 5.67. The van der Waals surface area contributed by atoms with Crippen LogP contribution in [0.2, 0.25) is 0 Å². The van der Waals surface area contributed by atoms with Crippen LogP contribution >= 0.6 is 11.3 Å². The van der Waals surface area contributed by atoms with Gasteiger partial charge in [-0.05, 0) is 33.3 Å². The van der Waals surface area contributed by atoms with Crippen LogP contribution in [0.25, 0.3) is 11.1 Å². The van der Waals surface area contributed by atoms with E-state index in [9.17, 15) is 4.79 Å². The van der Waals surface area contributed by atoms with Crippen molar-refractivity contribution in [2.24, 2.45) is 0 Å². The fraction of sp³-hybridized carbons (Fsp3) is 0.312. The van der Waals surface area contributed by atoms with E-state index in [1.54, 1.807) is 0 Å². The molecular weight excluding hydrogens is 268 g/mol. The van der Waals surface area contributed by atoms with E-state index in [-0.39, 0.29) is 11.9 Å². The Morgan fingerprint density at radius 3 is 2.35 bits per heavy atom. The zero-order valence-corrected chi connectivity index (χ0v) is 13.1. The summed E-state index contributed by atoms with van der Waals surface area (Å²) < 4.78 is 0. The fourth-order valence-electron chi connectivity index (χ4n) is 2.19. The molecule has 4 heteroatoms. The van der Waals surface area contributed by atoms with Crippen LogP contribution in [0.3, 0.4) is 0 Å². The molecule has 0 aliphatic rings. The monoisotopic (exact) mass is 288 g/mol. The number of hydrogen-bond acceptors (Lipinski definition) is 3. The number of thiophene rings is 1. The Morgan fingerprint density at radius 2 is 1.80 bits per heavy atom. The Kier molecular flexibility index (Phi) is 4.14. The van der Waals surface area contributed by atoms with Gasteiger partial charge in [-0.1, -0.05) is 29.8 Å². The smallest absolute Gasteiger partial charge is 0.255 e. The minimum absolute atomic E-state index is 0.0907. The lowest BCUT2D eigenvalue weighted by atomic mass is 10.00. The molecule has 20 heavy (non-hydrogen) atoms. The Bertz CT molecular complexity index is 627. The molecule has 0 aliphatic carbocycles. The molecule has 0 fully saturated rings. The minimum atomic E-state index is -0.0996. The van der Waals surface area contributed by atoms with Gasteiger partial charge in [-0.25, -0.2) is 0 Å². The van der Waals surface area contributed by atoms with Crippen LogP contribution in [0.1, 0.15) is 34.6 Å². The maximum Gasteiger partial charge on any atom is 0.255 e. The summed E-state index contributed by atoms with van der Waals surface area (Å²) in [6.45, 7) is 7.94. The SMILES string of the molecule is Cc1ccc(-c2c(C)sc(N)c2C(=O)NC(C)C)cc1. The van der Waals surface area contributed by atoms with Crippen LogP contribution in [0.5, 0.6) is 0 Å². The van der Waals surface area contributed by atoms with E-state index in [4.69, 9.17) is 5.73 Å². The third kappa shape index (κ3) is 2.85. The van der Waals surface area contributed by atoms with E-state index >= 15 is 0 Å². The van der Waals surface area contributed by atoms with E-state index in [1.165, 1.54) is 16.9 Å². The highest BCUT2D eigenvalue weighted by Gasteiger charge is 2.21. The van der Waals surface area contributed by atoms with Crippen molar-refractivity contribution in [2.45, 2.75) is 33.7 Å². The number of benzene rings is 1. The van der Waals surface area contributed by atoms with Gasteiger partial charge in [-0.2, -0.15) is 0 Å². The third-order valence-electron chi connectivity index (χ3n) is 3.10. The third-order valence-corrected chi connectivity index (χ3v) is 4.03. The first-order valence-electron chi connectivity index (χ1n) is 6.67. The number of nitrogens with one attached hydrogen (secondary N) is 1. The lowest BCUT2D eigenvalue weighted by molar-refractivity contribution is 0.0945. The van der Waals surface area contributed by atoms with E-state index in [1.807, 2.05) is 52.0 Å². The summed E-state index contributed by atoms with van der Waals surface area (Å²) in [6, 6.07) is 8.26. The summed E-state index contributed by atoms with van der Waals surface area (Å²) in [5.74, 6) is -0.0996. The minimum Gasteiger partial charge on any atom is -0.390 e. The van der Waals surface area contributed by atoms with Gasteiger partial charge in [0.05, 0.1) is 10.6 Å². The number of anilines is 1. The average molecular weight is 288 g/mol. The summed E-state index contributed by atoms with van der Waals surface area (Å²) in [5.41, 5.74) is 9.83. The van der Waals surface area contributed by atoms with Crippen LogP contribution < -0.4 is 11.1 Å². The molecule has 0 radical (unpaired) electrons. The molecule has 2 rings (SSSR count). The van der Waals surface area contributed by atoms with Gasteiger partial charge in [-0.3, -0.25) is 4.79 Å². The molecule has 0 aliphatic heterocycles. The molecule has 0 atom stereocenters. The number of rotatable bonds is 3. The van der Waals surface area contributed by atoms with Gasteiger partial charge in [0.15, 0.2) is 0 Å². The van der Waals surface area contributed by atoms with Crippen molar-refractivity contribution in [1.82, 2.24) is 5.32 Å². The van der Waals surface area contributed by atoms with Gasteiger partial charge in [0.1, 0.15) is 0 Å². The molecule has 1 aromatic carbocycles. The summed E-state index contributed by atoms with van der Waals surface area (Å²) in [4.78, 5) is 13.4. The molecular formula is C16H20N2OS. The highest BCUT2D eigenvalue weighted by atomic mass is 32.1. The van der Waals surface area contributed by atoms with Gasteiger partial charge in [0, 0.05) is 16.5 Å². The second-order valence-corrected chi connectivity index (χ2v) is 6.52. The van der Waals surface area contributed by atoms with Gasteiger partial charge >= 0.3 is 0 Å². The van der Waals surface area contributed by atoms with Crippen molar-refractivity contribution < 1.29 is 4.79 Å². The number of carbonyl (C=O) groups is 1. The van der Waals surface area contributed by atoms with Gasteiger partial charge in [0.25, 0.3) is 5.91 Å². The standard InChI is InChI=1S/C16H20N2OS/c1-9(2)18-16(19)14-13(11(4)20-15(14)17)12-7-5-10(3)6-8-12/h5-9H,17H2,1-4H3,(H,18,19). The zero-order chi connectivity index (χ0) is 14.9. The van der Waals surface area contributed by atoms with Gasteiger partial charge in [-0.15, -0.1) is 11.3 Å². The molecule has 0 spiro atoms. The number of nitrogens with two attached hydrogens (primary N) is 1. The molecule has 3 nitrogen and oxygen atoms in total. The van der Waals surface area contributed by atoms with Crippen molar-refractivity contribution in [2.75, 3.05) is 5.73 Å². The molecule has 2 aromatic rings. The first-order chi connectivity index (χ1) is 9.40. The van der Waals surface area contributed by atoms with Gasteiger partial charge < -0.3 is 11.1 Å². The Balaban J connectivity index is 2.53. The van der Waals surface area contributed by atoms with Crippen molar-refractivity contribution in [3.63, 3.8) is 0 Å². The first kappa shape index (κ1) is 14.6. The molecule has 0 bridgehead atoms. The Hall–Kier alpha value is -1.81. The van der Waals surface area contributed by atoms with Gasteiger partial charge in [0.2, 0.25) is 0 Å². The summed E-state index contributed by atoms with van der Waals surface area (Å²) in [7, 11) is 0. The van der Waals surface area contributed by atoms with E-state index < -0.39 is 0 Å². The number of nitrogen functional groups attached to an aromatic ring is 1. The molecule has 1 amide bonds. The van der Waals surface area contributed by atoms with Crippen LogP contribution in [0.4, 0.5) is 5.00 Å². The highest BCUT2D eigenvalue weighted by Crippen LogP contribution is 2.38. The van der Waals surface area contributed by atoms with Crippen molar-refractivity contribution in [3.8, 4) is 11.1 Å². The second-order valence-electron chi connectivity index (χ2n) is 5.27. The number of aryl methyl sites for hydroxylation is 2. The van der Waals surface area contributed by atoms with Crippen LogP contribution in [0.15, 0.2) is 24.3 Å². The summed E-state index contributed by atoms with van der Waals surface area (Å²) in [5, 5.41) is 3.50. The molecule has 0 saturated heterocycles. The normalized spacial score (nSPS) is 10.8. The molecule has 1 aromatic heterocycles. The molecule has 1 heterocycles. The molecule has 106 valence electrons. The fourth-order valence-corrected chi connectivity index (χ4v) is 3.14. The van der Waals surface area contributed by atoms with Crippen molar-refractivity contribution in [3.05, 3.63) is 40.3 Å².